The Balaban J connectivity index is 1.44. The van der Waals surface area contributed by atoms with Gasteiger partial charge in [0, 0.05) is 49.7 Å². The van der Waals surface area contributed by atoms with E-state index < -0.39 is 0 Å². The monoisotopic (exact) mass is 363 g/mol. The summed E-state index contributed by atoms with van der Waals surface area (Å²) in [5, 5.41) is 4.17. The highest BCUT2D eigenvalue weighted by molar-refractivity contribution is 5.93. The molecule has 0 spiro atoms. The summed E-state index contributed by atoms with van der Waals surface area (Å²) in [6.07, 6.45) is 4.21. The van der Waals surface area contributed by atoms with Gasteiger partial charge in [-0.3, -0.25) is 9.59 Å². The van der Waals surface area contributed by atoms with Crippen LogP contribution in [0.1, 0.15) is 34.3 Å². The molecule has 5 heteroatoms. The molecule has 2 N–H and O–H groups in total. The van der Waals surface area contributed by atoms with Crippen molar-refractivity contribution in [3.05, 3.63) is 71.4 Å². The summed E-state index contributed by atoms with van der Waals surface area (Å²) in [7, 11) is 3.46. The van der Waals surface area contributed by atoms with Crippen molar-refractivity contribution in [2.45, 2.75) is 25.8 Å². The number of nitrogens with one attached hydrogen (secondary N) is 2. The molecule has 0 saturated heterocycles. The smallest absolute Gasteiger partial charge is 0.253 e. The number of fused-ring (bicyclic) bond motifs is 1. The Hall–Kier alpha value is -3.08. The van der Waals surface area contributed by atoms with Gasteiger partial charge in [0.1, 0.15) is 0 Å². The number of aromatic amines is 1. The molecule has 0 aliphatic carbocycles. The summed E-state index contributed by atoms with van der Waals surface area (Å²) >= 11 is 0. The molecule has 0 unspecified atom stereocenters. The molecule has 0 radical (unpaired) electrons. The fraction of sp³-hybridized carbons (Fsp3) is 0.273. The van der Waals surface area contributed by atoms with Gasteiger partial charge in [-0.05, 0) is 42.2 Å². The Morgan fingerprint density at radius 1 is 1.04 bits per heavy atom. The average molecular weight is 363 g/mol. The van der Waals surface area contributed by atoms with E-state index in [2.05, 4.69) is 22.4 Å². The number of hydrogen-bond acceptors (Lipinski definition) is 2. The highest BCUT2D eigenvalue weighted by atomic mass is 16.2. The van der Waals surface area contributed by atoms with Crippen LogP contribution in [0.3, 0.4) is 0 Å². The van der Waals surface area contributed by atoms with Crippen molar-refractivity contribution < 1.29 is 9.59 Å². The molecule has 3 rings (SSSR count). The zero-order valence-corrected chi connectivity index (χ0v) is 15.8. The zero-order valence-electron chi connectivity index (χ0n) is 15.8. The predicted molar refractivity (Wildman–Crippen MR) is 108 cm³/mol. The van der Waals surface area contributed by atoms with Gasteiger partial charge in [-0.15, -0.1) is 0 Å². The number of carbonyl (C=O) groups is 2. The zero-order chi connectivity index (χ0) is 19.2. The van der Waals surface area contributed by atoms with Crippen molar-refractivity contribution in [3.63, 3.8) is 0 Å². The second kappa shape index (κ2) is 8.54. The number of amides is 2. The van der Waals surface area contributed by atoms with Gasteiger partial charge in [0.15, 0.2) is 0 Å². The first-order valence-corrected chi connectivity index (χ1v) is 9.17. The summed E-state index contributed by atoms with van der Waals surface area (Å²) in [5.41, 5.74) is 4.01. The van der Waals surface area contributed by atoms with Crippen LogP contribution in [0.15, 0.2) is 54.7 Å². The van der Waals surface area contributed by atoms with Crippen LogP contribution in [-0.4, -0.2) is 35.8 Å². The van der Waals surface area contributed by atoms with Crippen LogP contribution in [0, 0.1) is 0 Å². The topological polar surface area (TPSA) is 65.2 Å². The third-order valence-corrected chi connectivity index (χ3v) is 4.62. The van der Waals surface area contributed by atoms with Crippen LogP contribution in [0.25, 0.3) is 10.9 Å². The van der Waals surface area contributed by atoms with E-state index in [1.165, 1.54) is 10.9 Å². The van der Waals surface area contributed by atoms with Crippen molar-refractivity contribution in [2.75, 3.05) is 14.1 Å². The van der Waals surface area contributed by atoms with Crippen LogP contribution in [0.4, 0.5) is 0 Å². The molecule has 2 aromatic carbocycles. The van der Waals surface area contributed by atoms with E-state index in [0.29, 0.717) is 18.5 Å². The van der Waals surface area contributed by atoms with E-state index in [1.807, 2.05) is 30.5 Å². The average Bonchev–Trinajstić information content (AvgIpc) is 3.09. The number of aryl methyl sites for hydroxylation is 1. The minimum atomic E-state index is -0.0251. The summed E-state index contributed by atoms with van der Waals surface area (Å²) in [6, 6.07) is 15.5. The molecule has 1 aromatic heterocycles. The van der Waals surface area contributed by atoms with Crippen molar-refractivity contribution in [3.8, 4) is 0 Å². The van der Waals surface area contributed by atoms with Crippen LogP contribution in [-0.2, 0) is 17.8 Å². The lowest BCUT2D eigenvalue weighted by atomic mass is 10.1. The molecule has 0 aliphatic rings. The highest BCUT2D eigenvalue weighted by Crippen LogP contribution is 2.19. The maximum atomic E-state index is 12.1. The molecule has 0 fully saturated rings. The van der Waals surface area contributed by atoms with Crippen LogP contribution >= 0.6 is 0 Å². The molecule has 0 aliphatic heterocycles. The fourth-order valence-corrected chi connectivity index (χ4v) is 3.09. The lowest BCUT2D eigenvalue weighted by Crippen LogP contribution is -2.23. The third kappa shape index (κ3) is 4.76. The molecule has 3 aromatic rings. The number of para-hydroxylation sites is 1. The van der Waals surface area contributed by atoms with Gasteiger partial charge in [-0.2, -0.15) is 0 Å². The lowest BCUT2D eigenvalue weighted by molar-refractivity contribution is -0.121. The van der Waals surface area contributed by atoms with Gasteiger partial charge in [-0.1, -0.05) is 30.3 Å². The van der Waals surface area contributed by atoms with E-state index in [0.717, 1.165) is 23.9 Å². The molecule has 0 saturated carbocycles. The summed E-state index contributed by atoms with van der Waals surface area (Å²) in [6.45, 7) is 0.475. The predicted octanol–water partition coefficient (Wildman–Crippen LogP) is 3.51. The Kier molecular flexibility index (Phi) is 5.91. The fourth-order valence-electron chi connectivity index (χ4n) is 3.09. The third-order valence-electron chi connectivity index (χ3n) is 4.62. The molecule has 2 amide bonds. The van der Waals surface area contributed by atoms with Gasteiger partial charge >= 0.3 is 0 Å². The molecule has 27 heavy (non-hydrogen) atoms. The SMILES string of the molecule is CN(C)C(=O)c1ccc(CNC(=O)CCCc2c[nH]c3ccccc23)cc1. The van der Waals surface area contributed by atoms with Gasteiger partial charge in [0.2, 0.25) is 5.91 Å². The van der Waals surface area contributed by atoms with E-state index in [1.54, 1.807) is 31.1 Å². The summed E-state index contributed by atoms with van der Waals surface area (Å²) in [4.78, 5) is 28.8. The van der Waals surface area contributed by atoms with Crippen molar-refractivity contribution in [2.24, 2.45) is 0 Å². The highest BCUT2D eigenvalue weighted by Gasteiger charge is 2.08. The molecule has 140 valence electrons. The first-order valence-electron chi connectivity index (χ1n) is 9.17. The number of aromatic nitrogens is 1. The number of nitrogens with zero attached hydrogens (tertiary/aromatic N) is 1. The number of benzene rings is 2. The van der Waals surface area contributed by atoms with Crippen LogP contribution in [0.2, 0.25) is 0 Å². The van der Waals surface area contributed by atoms with Gasteiger partial charge in [0.25, 0.3) is 5.91 Å². The second-order valence-corrected chi connectivity index (χ2v) is 6.89. The Bertz CT molecular complexity index is 926. The number of carbonyl (C=O) groups excluding carboxylic acids is 2. The molecular weight excluding hydrogens is 338 g/mol. The quantitative estimate of drug-likeness (QED) is 0.675. The number of H-pyrrole nitrogens is 1. The lowest BCUT2D eigenvalue weighted by Gasteiger charge is -2.11. The minimum absolute atomic E-state index is 0.0251. The maximum absolute atomic E-state index is 12.1. The molecule has 5 nitrogen and oxygen atoms in total. The molecule has 0 bridgehead atoms. The Morgan fingerprint density at radius 2 is 1.78 bits per heavy atom. The number of rotatable bonds is 7. The second-order valence-electron chi connectivity index (χ2n) is 6.89. The van der Waals surface area contributed by atoms with Crippen LogP contribution < -0.4 is 5.32 Å². The van der Waals surface area contributed by atoms with Crippen molar-refractivity contribution in [1.82, 2.24) is 15.2 Å². The maximum Gasteiger partial charge on any atom is 0.253 e. The van der Waals surface area contributed by atoms with Crippen molar-refractivity contribution >= 4 is 22.7 Å². The molecule has 0 atom stereocenters. The summed E-state index contributed by atoms with van der Waals surface area (Å²) in [5.74, 6) is 0.0196. The van der Waals surface area contributed by atoms with Crippen LogP contribution in [0.5, 0.6) is 0 Å². The van der Waals surface area contributed by atoms with Gasteiger partial charge < -0.3 is 15.2 Å². The Labute approximate surface area is 159 Å². The minimum Gasteiger partial charge on any atom is -0.361 e. The summed E-state index contributed by atoms with van der Waals surface area (Å²) < 4.78 is 0. The molecular formula is C22H25N3O2. The van der Waals surface area contributed by atoms with Crippen molar-refractivity contribution in [1.29, 1.82) is 0 Å². The normalized spacial score (nSPS) is 10.7. The Morgan fingerprint density at radius 3 is 2.52 bits per heavy atom. The molecule has 1 heterocycles. The number of hydrogen-bond donors (Lipinski definition) is 2. The first kappa shape index (κ1) is 18.7. The standard InChI is InChI=1S/C22H25N3O2/c1-25(2)22(27)17-12-10-16(11-13-17)14-24-21(26)9-5-6-18-15-23-20-8-4-3-7-19(18)20/h3-4,7-8,10-13,15,23H,5-6,9,14H2,1-2H3,(H,24,26). The first-order chi connectivity index (χ1) is 13.0. The largest absolute Gasteiger partial charge is 0.361 e. The van der Waals surface area contributed by atoms with E-state index >= 15 is 0 Å². The van der Waals surface area contributed by atoms with E-state index in [-0.39, 0.29) is 11.8 Å². The van der Waals surface area contributed by atoms with E-state index in [9.17, 15) is 9.59 Å². The van der Waals surface area contributed by atoms with Gasteiger partial charge in [-0.25, -0.2) is 0 Å². The van der Waals surface area contributed by atoms with Gasteiger partial charge in [0.05, 0.1) is 0 Å². The van der Waals surface area contributed by atoms with E-state index in [4.69, 9.17) is 0 Å².